The van der Waals surface area contributed by atoms with Gasteiger partial charge in [0.15, 0.2) is 18.1 Å². The molecule has 4 rings (SSSR count). The minimum atomic E-state index is -0.532. The van der Waals surface area contributed by atoms with E-state index in [1.807, 2.05) is 6.07 Å². The maximum Gasteiger partial charge on any atom is 0.344 e. The summed E-state index contributed by atoms with van der Waals surface area (Å²) in [5.41, 5.74) is 2.69. The number of carbonyl (C=O) groups is 1. The highest BCUT2D eigenvalue weighted by molar-refractivity contribution is 5.83. The van der Waals surface area contributed by atoms with Gasteiger partial charge in [-0.3, -0.25) is 0 Å². The van der Waals surface area contributed by atoms with E-state index in [0.29, 0.717) is 28.4 Å². The van der Waals surface area contributed by atoms with E-state index in [0.717, 1.165) is 35.8 Å². The highest BCUT2D eigenvalue weighted by atomic mass is 16.6. The SMILES string of the molecule is COc1cccc(COC(=O)COc2ccc3c4c(c(=O)oc3c2)CCC4)c1OC. The third kappa shape index (κ3) is 3.83. The fraction of sp³-hybridized carbons (Fsp3) is 0.304. The molecule has 7 nitrogen and oxygen atoms in total. The summed E-state index contributed by atoms with van der Waals surface area (Å²) >= 11 is 0. The van der Waals surface area contributed by atoms with Crippen molar-refractivity contribution in [3.63, 3.8) is 0 Å². The largest absolute Gasteiger partial charge is 0.493 e. The number of ether oxygens (including phenoxy) is 4. The third-order valence-corrected chi connectivity index (χ3v) is 5.17. The molecule has 0 amide bonds. The van der Waals surface area contributed by atoms with Gasteiger partial charge in [-0.1, -0.05) is 12.1 Å². The number of para-hydroxylation sites is 1. The van der Waals surface area contributed by atoms with Crippen molar-refractivity contribution in [3.05, 3.63) is 63.5 Å². The number of hydrogen-bond acceptors (Lipinski definition) is 7. The minimum Gasteiger partial charge on any atom is -0.493 e. The molecule has 156 valence electrons. The summed E-state index contributed by atoms with van der Waals surface area (Å²) in [6.07, 6.45) is 2.59. The second-order valence-electron chi connectivity index (χ2n) is 6.96. The van der Waals surface area contributed by atoms with Crippen LogP contribution in [0.3, 0.4) is 0 Å². The van der Waals surface area contributed by atoms with Crippen molar-refractivity contribution in [3.8, 4) is 17.2 Å². The van der Waals surface area contributed by atoms with Crippen molar-refractivity contribution in [2.45, 2.75) is 25.9 Å². The monoisotopic (exact) mass is 410 g/mol. The Morgan fingerprint density at radius 2 is 1.90 bits per heavy atom. The standard InChI is InChI=1S/C23H22O7/c1-26-19-8-3-5-14(22(19)27-2)12-29-21(24)13-28-15-9-10-17-16-6-4-7-18(16)23(25)30-20(17)11-15/h3,5,8-11H,4,6-7,12-13H2,1-2H3. The molecule has 0 saturated heterocycles. The summed E-state index contributed by atoms with van der Waals surface area (Å²) in [7, 11) is 3.07. The number of esters is 1. The van der Waals surface area contributed by atoms with Crippen LogP contribution in [0.25, 0.3) is 11.0 Å². The Kier molecular flexibility index (Phi) is 5.61. The summed E-state index contributed by atoms with van der Waals surface area (Å²) in [4.78, 5) is 24.2. The van der Waals surface area contributed by atoms with Crippen LogP contribution in [-0.2, 0) is 29.0 Å². The Morgan fingerprint density at radius 1 is 1.07 bits per heavy atom. The lowest BCUT2D eigenvalue weighted by atomic mass is 10.1. The van der Waals surface area contributed by atoms with Crippen LogP contribution in [0.5, 0.6) is 17.2 Å². The van der Waals surface area contributed by atoms with Gasteiger partial charge in [0, 0.05) is 22.6 Å². The molecule has 0 atom stereocenters. The fourth-order valence-electron chi connectivity index (χ4n) is 3.76. The molecule has 0 unspecified atom stereocenters. The van der Waals surface area contributed by atoms with Crippen molar-refractivity contribution in [2.75, 3.05) is 20.8 Å². The summed E-state index contributed by atoms with van der Waals surface area (Å²) in [5, 5.41) is 0.919. The van der Waals surface area contributed by atoms with Gasteiger partial charge in [0.05, 0.1) is 14.2 Å². The number of rotatable bonds is 7. The molecular formula is C23H22O7. The van der Waals surface area contributed by atoms with Crippen molar-refractivity contribution < 1.29 is 28.2 Å². The van der Waals surface area contributed by atoms with Crippen LogP contribution in [0.4, 0.5) is 0 Å². The van der Waals surface area contributed by atoms with Crippen LogP contribution in [0, 0.1) is 0 Å². The Balaban J connectivity index is 1.40. The smallest absolute Gasteiger partial charge is 0.344 e. The van der Waals surface area contributed by atoms with Crippen molar-refractivity contribution in [1.29, 1.82) is 0 Å². The van der Waals surface area contributed by atoms with Crippen LogP contribution >= 0.6 is 0 Å². The lowest BCUT2D eigenvalue weighted by Crippen LogP contribution is -2.15. The maximum absolute atomic E-state index is 12.1. The zero-order valence-electron chi connectivity index (χ0n) is 16.9. The normalized spacial score (nSPS) is 12.5. The highest BCUT2D eigenvalue weighted by Crippen LogP contribution is 2.31. The Bertz CT molecular complexity index is 1150. The molecule has 0 fully saturated rings. The van der Waals surface area contributed by atoms with E-state index in [-0.39, 0.29) is 18.8 Å². The van der Waals surface area contributed by atoms with E-state index in [4.69, 9.17) is 23.4 Å². The quantitative estimate of drug-likeness (QED) is 0.436. The van der Waals surface area contributed by atoms with Crippen molar-refractivity contribution >= 4 is 16.9 Å². The van der Waals surface area contributed by atoms with E-state index in [9.17, 15) is 9.59 Å². The first-order chi connectivity index (χ1) is 14.6. The number of methoxy groups -OCH3 is 2. The van der Waals surface area contributed by atoms with E-state index < -0.39 is 5.97 Å². The third-order valence-electron chi connectivity index (χ3n) is 5.17. The molecule has 1 aromatic heterocycles. The number of aryl methyl sites for hydroxylation is 1. The lowest BCUT2D eigenvalue weighted by molar-refractivity contribution is -0.147. The Labute approximate surface area is 173 Å². The predicted molar refractivity (Wildman–Crippen MR) is 109 cm³/mol. The average molecular weight is 410 g/mol. The molecule has 0 bridgehead atoms. The number of fused-ring (bicyclic) bond motifs is 3. The van der Waals surface area contributed by atoms with Gasteiger partial charge in [-0.2, -0.15) is 0 Å². The lowest BCUT2D eigenvalue weighted by Gasteiger charge is -2.13. The molecule has 2 aromatic carbocycles. The van der Waals surface area contributed by atoms with E-state index in [1.165, 1.54) is 7.11 Å². The second-order valence-corrected chi connectivity index (χ2v) is 6.96. The molecule has 7 heteroatoms. The maximum atomic E-state index is 12.1. The molecule has 1 heterocycles. The van der Waals surface area contributed by atoms with Gasteiger partial charge in [-0.15, -0.1) is 0 Å². The average Bonchev–Trinajstić information content (AvgIpc) is 3.26. The van der Waals surface area contributed by atoms with Gasteiger partial charge in [-0.05, 0) is 43.0 Å². The summed E-state index contributed by atoms with van der Waals surface area (Å²) < 4.78 is 26.8. The Morgan fingerprint density at radius 3 is 2.70 bits per heavy atom. The fourth-order valence-corrected chi connectivity index (χ4v) is 3.76. The molecule has 0 N–H and O–H groups in total. The first-order valence-electron chi connectivity index (χ1n) is 9.67. The summed E-state index contributed by atoms with van der Waals surface area (Å²) in [5.74, 6) is 0.979. The molecule has 0 spiro atoms. The number of hydrogen-bond donors (Lipinski definition) is 0. The van der Waals surface area contributed by atoms with Gasteiger partial charge in [0.2, 0.25) is 0 Å². The van der Waals surface area contributed by atoms with Gasteiger partial charge in [-0.25, -0.2) is 9.59 Å². The first kappa shape index (κ1) is 19.8. The van der Waals surface area contributed by atoms with Crippen LogP contribution in [0.1, 0.15) is 23.1 Å². The van der Waals surface area contributed by atoms with Gasteiger partial charge in [0.25, 0.3) is 0 Å². The molecule has 0 radical (unpaired) electrons. The second kappa shape index (κ2) is 8.49. The molecule has 30 heavy (non-hydrogen) atoms. The number of benzene rings is 2. The summed E-state index contributed by atoms with van der Waals surface area (Å²) in [6, 6.07) is 10.6. The molecule has 3 aromatic rings. The van der Waals surface area contributed by atoms with Crippen LogP contribution in [0.15, 0.2) is 45.6 Å². The Hall–Kier alpha value is -3.48. The highest BCUT2D eigenvalue weighted by Gasteiger charge is 2.20. The van der Waals surface area contributed by atoms with Crippen molar-refractivity contribution in [1.82, 2.24) is 0 Å². The zero-order valence-corrected chi connectivity index (χ0v) is 16.9. The van der Waals surface area contributed by atoms with Gasteiger partial charge < -0.3 is 23.4 Å². The van der Waals surface area contributed by atoms with E-state index >= 15 is 0 Å². The molecule has 0 saturated carbocycles. The molecule has 0 aliphatic heterocycles. The zero-order chi connectivity index (χ0) is 21.1. The van der Waals surface area contributed by atoms with Crippen molar-refractivity contribution in [2.24, 2.45) is 0 Å². The topological polar surface area (TPSA) is 84.2 Å². The van der Waals surface area contributed by atoms with Gasteiger partial charge >= 0.3 is 11.6 Å². The first-order valence-corrected chi connectivity index (χ1v) is 9.67. The number of carbonyl (C=O) groups excluding carboxylic acids is 1. The van der Waals surface area contributed by atoms with Gasteiger partial charge in [0.1, 0.15) is 17.9 Å². The van der Waals surface area contributed by atoms with Crippen LogP contribution in [0.2, 0.25) is 0 Å². The molecular weight excluding hydrogens is 388 g/mol. The van der Waals surface area contributed by atoms with E-state index in [2.05, 4.69) is 0 Å². The van der Waals surface area contributed by atoms with Crippen LogP contribution < -0.4 is 19.8 Å². The predicted octanol–water partition coefficient (Wildman–Crippen LogP) is 3.42. The molecule has 1 aliphatic rings. The minimum absolute atomic E-state index is 0.0291. The molecule has 1 aliphatic carbocycles. The van der Waals surface area contributed by atoms with Crippen LogP contribution in [-0.4, -0.2) is 26.8 Å². The summed E-state index contributed by atoms with van der Waals surface area (Å²) in [6.45, 7) is -0.242. The van der Waals surface area contributed by atoms with E-state index in [1.54, 1.807) is 37.4 Å².